The van der Waals surface area contributed by atoms with Gasteiger partial charge < -0.3 is 11.8 Å². The smallest absolute Gasteiger partial charge is 0.0774 e. The van der Waals surface area contributed by atoms with Gasteiger partial charge in [0.2, 0.25) is 0 Å². The molecule has 0 atom stereocenters. The van der Waals surface area contributed by atoms with Gasteiger partial charge in [-0.2, -0.15) is 0 Å². The average Bonchev–Trinajstić information content (AvgIpc) is 3.06. The van der Waals surface area contributed by atoms with Crippen LogP contribution in [-0.4, -0.2) is 9.38 Å². The molecule has 2 radical (unpaired) electrons. The molecule has 0 saturated carbocycles. The number of hydrogen-bond acceptors (Lipinski definition) is 1. The normalized spacial score (nSPS) is 11.6. The van der Waals surface area contributed by atoms with Gasteiger partial charge in [0.1, 0.15) is 0 Å². The van der Waals surface area contributed by atoms with E-state index >= 15 is 0 Å². The SMILES string of the molecule is Cc1cc[c-]c2c1c1cc(C(C)(C)C)ccc1n1c3cc(C(C)C)ccc3nc21.[CH3-].[Ir].[Y]. The van der Waals surface area contributed by atoms with Crippen LogP contribution in [0.2, 0.25) is 0 Å². The Labute approximate surface area is 230 Å². The second kappa shape index (κ2) is 9.63. The van der Waals surface area contributed by atoms with Crippen LogP contribution < -0.4 is 0 Å². The summed E-state index contributed by atoms with van der Waals surface area (Å²) in [5, 5.41) is 3.65. The van der Waals surface area contributed by atoms with Gasteiger partial charge in [0.15, 0.2) is 0 Å². The zero-order valence-corrected chi connectivity index (χ0v) is 25.2. The van der Waals surface area contributed by atoms with Gasteiger partial charge in [-0.15, -0.1) is 23.8 Å². The largest absolute Gasteiger partial charge is 0.358 e. The van der Waals surface area contributed by atoms with E-state index in [2.05, 4.69) is 94.5 Å². The van der Waals surface area contributed by atoms with Crippen molar-refractivity contribution in [2.75, 3.05) is 0 Å². The Kier molecular flexibility index (Phi) is 8.16. The molecule has 0 N–H and O–H groups in total. The Morgan fingerprint density at radius 1 is 0.969 bits per heavy atom. The summed E-state index contributed by atoms with van der Waals surface area (Å²) < 4.78 is 2.33. The van der Waals surface area contributed by atoms with Gasteiger partial charge in [0.25, 0.3) is 0 Å². The van der Waals surface area contributed by atoms with E-state index in [1.54, 1.807) is 0 Å². The summed E-state index contributed by atoms with van der Waals surface area (Å²) in [6, 6.07) is 21.3. The van der Waals surface area contributed by atoms with Crippen LogP contribution in [0.25, 0.3) is 38.4 Å². The molecule has 0 spiro atoms. The molecular formula is C28H30IrN2Y-2. The Balaban J connectivity index is 0.00000121. The summed E-state index contributed by atoms with van der Waals surface area (Å²) in [6.07, 6.45) is 0. The van der Waals surface area contributed by atoms with Crippen molar-refractivity contribution < 1.29 is 52.8 Å². The Morgan fingerprint density at radius 2 is 1.69 bits per heavy atom. The minimum Gasteiger partial charge on any atom is -0.358 e. The van der Waals surface area contributed by atoms with E-state index in [4.69, 9.17) is 4.98 Å². The molecule has 2 nitrogen and oxygen atoms in total. The minimum absolute atomic E-state index is 0. The number of benzene rings is 3. The van der Waals surface area contributed by atoms with Crippen LogP contribution in [0.3, 0.4) is 0 Å². The van der Waals surface area contributed by atoms with E-state index in [9.17, 15) is 0 Å². The summed E-state index contributed by atoms with van der Waals surface area (Å²) in [5.41, 5.74) is 8.49. The van der Waals surface area contributed by atoms with Crippen molar-refractivity contribution in [3.8, 4) is 0 Å². The first kappa shape index (κ1) is 27.1. The number of imidazole rings is 1. The molecule has 4 heteroatoms. The molecular weight excluding hydrogens is 645 g/mol. The van der Waals surface area contributed by atoms with Gasteiger partial charge in [-0.25, -0.2) is 0 Å². The fourth-order valence-electron chi connectivity index (χ4n) is 4.39. The Hall–Kier alpha value is -1.12. The number of aromatic nitrogens is 2. The molecule has 5 rings (SSSR count). The molecule has 0 unspecified atom stereocenters. The Morgan fingerprint density at radius 3 is 2.34 bits per heavy atom. The predicted octanol–water partition coefficient (Wildman–Crippen LogP) is 7.77. The zero-order chi connectivity index (χ0) is 20.5. The van der Waals surface area contributed by atoms with Crippen LogP contribution in [0.15, 0.2) is 48.5 Å². The molecule has 0 amide bonds. The van der Waals surface area contributed by atoms with Gasteiger partial charge in [-0.3, -0.25) is 4.98 Å². The fraction of sp³-hybridized carbons (Fsp3) is 0.286. The molecule has 32 heavy (non-hydrogen) atoms. The monoisotopic (exact) mass is 676 g/mol. The molecule has 0 aliphatic rings. The standard InChI is InChI=1S/C27H27N2.CH3.Ir.Y/c1-16(2)18-10-12-22-24(14-18)29-23-13-11-19(27(4,5)6)15-21(23)25-17(3)8-7-9-20(25)26(29)28-22;;;/h7-8,10-16H,1-6H3;1H3;;/q2*-1;;. The van der Waals surface area contributed by atoms with Crippen molar-refractivity contribution in [2.24, 2.45) is 0 Å². The molecule has 0 fully saturated rings. The van der Waals surface area contributed by atoms with E-state index in [0.29, 0.717) is 5.92 Å². The molecule has 0 aliphatic carbocycles. The molecule has 0 bridgehead atoms. The summed E-state index contributed by atoms with van der Waals surface area (Å²) in [4.78, 5) is 5.04. The van der Waals surface area contributed by atoms with Crippen LogP contribution in [0.5, 0.6) is 0 Å². The third-order valence-electron chi connectivity index (χ3n) is 6.15. The zero-order valence-electron chi connectivity index (χ0n) is 20.0. The first-order valence-corrected chi connectivity index (χ1v) is 10.4. The van der Waals surface area contributed by atoms with E-state index < -0.39 is 0 Å². The number of rotatable bonds is 1. The number of hydrogen-bond donors (Lipinski definition) is 0. The first-order chi connectivity index (χ1) is 13.8. The summed E-state index contributed by atoms with van der Waals surface area (Å²) >= 11 is 0. The third kappa shape index (κ3) is 4.23. The second-order valence-corrected chi connectivity index (χ2v) is 9.57. The number of aryl methyl sites for hydroxylation is 1. The van der Waals surface area contributed by atoms with Crippen LogP contribution in [-0.2, 0) is 58.2 Å². The van der Waals surface area contributed by atoms with Gasteiger partial charge >= 0.3 is 0 Å². The number of nitrogens with zero attached hydrogens (tertiary/aromatic N) is 2. The molecule has 0 aliphatic heterocycles. The molecule has 5 aromatic rings. The summed E-state index contributed by atoms with van der Waals surface area (Å²) in [6.45, 7) is 13.5. The van der Waals surface area contributed by atoms with Crippen molar-refractivity contribution in [1.29, 1.82) is 0 Å². The van der Waals surface area contributed by atoms with Crippen LogP contribution in [0.1, 0.15) is 57.2 Å². The summed E-state index contributed by atoms with van der Waals surface area (Å²) in [7, 11) is 0. The van der Waals surface area contributed by atoms with Crippen LogP contribution >= 0.6 is 0 Å². The van der Waals surface area contributed by atoms with E-state index in [-0.39, 0.29) is 65.7 Å². The second-order valence-electron chi connectivity index (χ2n) is 9.57. The van der Waals surface area contributed by atoms with Crippen molar-refractivity contribution in [3.63, 3.8) is 0 Å². The third-order valence-corrected chi connectivity index (χ3v) is 6.15. The van der Waals surface area contributed by atoms with E-state index in [1.807, 2.05) is 6.07 Å². The van der Waals surface area contributed by atoms with Crippen molar-refractivity contribution in [3.05, 3.63) is 78.7 Å². The summed E-state index contributed by atoms with van der Waals surface area (Å²) in [5.74, 6) is 0.484. The van der Waals surface area contributed by atoms with Crippen molar-refractivity contribution in [1.82, 2.24) is 9.38 Å². The molecule has 2 heterocycles. The maximum Gasteiger partial charge on any atom is 0.0774 e. The molecule has 0 saturated heterocycles. The van der Waals surface area contributed by atoms with Crippen LogP contribution in [0.4, 0.5) is 0 Å². The molecule has 166 valence electrons. The van der Waals surface area contributed by atoms with Gasteiger partial charge in [-0.1, -0.05) is 70.5 Å². The van der Waals surface area contributed by atoms with E-state index in [1.165, 1.54) is 38.5 Å². The minimum atomic E-state index is 0. The quantitative estimate of drug-likeness (QED) is 0.131. The van der Waals surface area contributed by atoms with E-state index in [0.717, 1.165) is 16.6 Å². The first-order valence-electron chi connectivity index (χ1n) is 10.4. The number of pyridine rings is 1. The van der Waals surface area contributed by atoms with Crippen molar-refractivity contribution in [2.45, 2.75) is 52.9 Å². The van der Waals surface area contributed by atoms with Crippen LogP contribution in [0, 0.1) is 20.4 Å². The number of fused-ring (bicyclic) bond motifs is 8. The average molecular weight is 676 g/mol. The molecule has 3 aromatic carbocycles. The van der Waals surface area contributed by atoms with Gasteiger partial charge in [-0.05, 0) is 46.0 Å². The maximum absolute atomic E-state index is 5.04. The van der Waals surface area contributed by atoms with Gasteiger partial charge in [0, 0.05) is 58.3 Å². The topological polar surface area (TPSA) is 17.3 Å². The predicted molar refractivity (Wildman–Crippen MR) is 130 cm³/mol. The molecule has 2 aromatic heterocycles. The van der Waals surface area contributed by atoms with Gasteiger partial charge in [0.05, 0.1) is 16.7 Å². The maximum atomic E-state index is 5.04. The van der Waals surface area contributed by atoms with Crippen molar-refractivity contribution >= 4 is 38.4 Å². The Bertz CT molecular complexity index is 1420. The fourth-order valence-corrected chi connectivity index (χ4v) is 4.39.